The Balaban J connectivity index is 1.59. The van der Waals surface area contributed by atoms with Crippen molar-refractivity contribution in [2.75, 3.05) is 5.32 Å². The lowest BCUT2D eigenvalue weighted by Gasteiger charge is -2.10. The van der Waals surface area contributed by atoms with Crippen LogP contribution in [-0.4, -0.2) is 11.0 Å². The zero-order valence-corrected chi connectivity index (χ0v) is 16.6. The summed E-state index contributed by atoms with van der Waals surface area (Å²) in [7, 11) is 0. The average molecular weight is 441 g/mol. The van der Waals surface area contributed by atoms with Gasteiger partial charge >= 0.3 is 5.91 Å². The first-order chi connectivity index (χ1) is 12.9. The van der Waals surface area contributed by atoms with Crippen molar-refractivity contribution in [2.24, 2.45) is 0 Å². The molecular weight excluding hydrogens is 429 g/mol. The molecule has 1 aromatic heterocycles. The Kier molecular flexibility index (Phi) is 6.23. The van der Waals surface area contributed by atoms with E-state index in [9.17, 15) is 4.79 Å². The smallest absolute Gasteiger partial charge is 0.305 e. The molecule has 0 atom stereocenters. The standard InChI is InChI=1S/C18H12Cl3N3O2S/c19-10-1-4-12(5-2-10)22-18(27)24-23-17(25)16-8-7-15(26-16)13-6-3-11(20)9-14(13)21/h1-9H,(H,23,25)(H2,22,24,27). The Morgan fingerprint density at radius 3 is 2.30 bits per heavy atom. The lowest BCUT2D eigenvalue weighted by Crippen LogP contribution is -2.43. The van der Waals surface area contributed by atoms with Gasteiger partial charge in [-0.1, -0.05) is 34.8 Å². The number of hydrazine groups is 1. The topological polar surface area (TPSA) is 66.3 Å². The fraction of sp³-hybridized carbons (Fsp3) is 0. The minimum absolute atomic E-state index is 0.0952. The molecule has 0 unspecified atom stereocenters. The third kappa shape index (κ3) is 5.14. The number of rotatable bonds is 3. The van der Waals surface area contributed by atoms with E-state index in [-0.39, 0.29) is 10.9 Å². The number of amides is 1. The quantitative estimate of drug-likeness (QED) is 0.369. The van der Waals surface area contributed by atoms with Gasteiger partial charge in [0.15, 0.2) is 10.9 Å². The number of furan rings is 1. The minimum atomic E-state index is -0.494. The number of halogens is 3. The summed E-state index contributed by atoms with van der Waals surface area (Å²) in [6, 6.07) is 15.1. The number of hydrogen-bond acceptors (Lipinski definition) is 3. The number of benzene rings is 2. The van der Waals surface area contributed by atoms with Gasteiger partial charge in [-0.15, -0.1) is 0 Å². The normalized spacial score (nSPS) is 10.3. The molecule has 0 aliphatic rings. The largest absolute Gasteiger partial charge is 0.451 e. The Labute approximate surface area is 175 Å². The van der Waals surface area contributed by atoms with E-state index in [0.29, 0.717) is 26.4 Å². The SMILES string of the molecule is O=C(NNC(=S)Nc1ccc(Cl)cc1)c1ccc(-c2ccc(Cl)cc2Cl)o1. The molecule has 3 aromatic rings. The van der Waals surface area contributed by atoms with Crippen molar-refractivity contribution < 1.29 is 9.21 Å². The summed E-state index contributed by atoms with van der Waals surface area (Å²) in [6.45, 7) is 0. The van der Waals surface area contributed by atoms with Crippen LogP contribution in [0.1, 0.15) is 10.6 Å². The van der Waals surface area contributed by atoms with Gasteiger partial charge in [-0.05, 0) is 66.8 Å². The van der Waals surface area contributed by atoms with Gasteiger partial charge in [0.05, 0.1) is 5.02 Å². The maximum atomic E-state index is 12.2. The fourth-order valence-electron chi connectivity index (χ4n) is 2.16. The summed E-state index contributed by atoms with van der Waals surface area (Å²) in [6.07, 6.45) is 0. The van der Waals surface area contributed by atoms with Crippen molar-refractivity contribution in [2.45, 2.75) is 0 Å². The molecule has 0 fully saturated rings. The van der Waals surface area contributed by atoms with E-state index in [1.54, 1.807) is 48.5 Å². The average Bonchev–Trinajstić information content (AvgIpc) is 3.11. The van der Waals surface area contributed by atoms with Gasteiger partial charge in [0.1, 0.15) is 5.76 Å². The van der Waals surface area contributed by atoms with E-state index in [2.05, 4.69) is 16.2 Å². The van der Waals surface area contributed by atoms with Crippen LogP contribution in [-0.2, 0) is 0 Å². The molecule has 9 heteroatoms. The molecule has 1 amide bonds. The number of thiocarbonyl (C=S) groups is 1. The van der Waals surface area contributed by atoms with Gasteiger partial charge < -0.3 is 9.73 Å². The molecule has 27 heavy (non-hydrogen) atoms. The zero-order valence-electron chi connectivity index (χ0n) is 13.6. The molecule has 0 saturated carbocycles. The first-order valence-electron chi connectivity index (χ1n) is 7.60. The Bertz CT molecular complexity index is 990. The molecule has 0 saturated heterocycles. The molecule has 0 aliphatic carbocycles. The Hall–Kier alpha value is -2.25. The second-order valence-electron chi connectivity index (χ2n) is 5.33. The van der Waals surface area contributed by atoms with E-state index in [4.69, 9.17) is 51.4 Å². The molecule has 0 aliphatic heterocycles. The summed E-state index contributed by atoms with van der Waals surface area (Å²) >= 11 is 23.0. The van der Waals surface area contributed by atoms with Crippen LogP contribution in [0.3, 0.4) is 0 Å². The maximum absolute atomic E-state index is 12.2. The van der Waals surface area contributed by atoms with Crippen molar-refractivity contribution in [1.29, 1.82) is 0 Å². The molecule has 1 heterocycles. The van der Waals surface area contributed by atoms with Crippen molar-refractivity contribution in [1.82, 2.24) is 10.9 Å². The molecule has 138 valence electrons. The summed E-state index contributed by atoms with van der Waals surface area (Å²) in [5, 5.41) is 4.67. The second-order valence-corrected chi connectivity index (χ2v) is 7.02. The van der Waals surface area contributed by atoms with Crippen LogP contribution < -0.4 is 16.2 Å². The van der Waals surface area contributed by atoms with Gasteiger partial charge in [0.2, 0.25) is 0 Å². The second kappa shape index (κ2) is 8.63. The fourth-order valence-corrected chi connectivity index (χ4v) is 2.96. The van der Waals surface area contributed by atoms with Crippen LogP contribution in [0.15, 0.2) is 59.0 Å². The van der Waals surface area contributed by atoms with Crippen LogP contribution in [0.25, 0.3) is 11.3 Å². The number of carbonyl (C=O) groups excluding carboxylic acids is 1. The molecule has 0 spiro atoms. The monoisotopic (exact) mass is 439 g/mol. The number of hydrogen-bond donors (Lipinski definition) is 3. The molecule has 3 rings (SSSR count). The van der Waals surface area contributed by atoms with Gasteiger partial charge in [-0.2, -0.15) is 0 Å². The van der Waals surface area contributed by atoms with Gasteiger partial charge in [-0.25, -0.2) is 0 Å². The lowest BCUT2D eigenvalue weighted by molar-refractivity contribution is 0.0917. The van der Waals surface area contributed by atoms with Crippen molar-refractivity contribution in [3.8, 4) is 11.3 Å². The lowest BCUT2D eigenvalue weighted by atomic mass is 10.2. The van der Waals surface area contributed by atoms with Crippen LogP contribution in [0.4, 0.5) is 5.69 Å². The van der Waals surface area contributed by atoms with E-state index in [1.807, 2.05) is 0 Å². The van der Waals surface area contributed by atoms with E-state index in [1.165, 1.54) is 6.07 Å². The zero-order chi connectivity index (χ0) is 19.4. The highest BCUT2D eigenvalue weighted by Gasteiger charge is 2.14. The summed E-state index contributed by atoms with van der Waals surface area (Å²) in [4.78, 5) is 12.2. The van der Waals surface area contributed by atoms with E-state index < -0.39 is 5.91 Å². The van der Waals surface area contributed by atoms with Crippen LogP contribution in [0.5, 0.6) is 0 Å². The Morgan fingerprint density at radius 1 is 0.889 bits per heavy atom. The molecule has 0 radical (unpaired) electrons. The van der Waals surface area contributed by atoms with Crippen molar-refractivity contribution in [3.05, 3.63) is 75.4 Å². The molecular formula is C18H12Cl3N3O2S. The highest BCUT2D eigenvalue weighted by Crippen LogP contribution is 2.31. The minimum Gasteiger partial charge on any atom is -0.451 e. The van der Waals surface area contributed by atoms with Gasteiger partial charge in [0.25, 0.3) is 0 Å². The molecule has 2 aromatic carbocycles. The van der Waals surface area contributed by atoms with Crippen molar-refractivity contribution >= 4 is 63.7 Å². The summed E-state index contributed by atoms with van der Waals surface area (Å²) < 4.78 is 5.56. The van der Waals surface area contributed by atoms with Crippen LogP contribution in [0, 0.1) is 0 Å². The van der Waals surface area contributed by atoms with E-state index in [0.717, 1.165) is 5.69 Å². The number of nitrogens with one attached hydrogen (secondary N) is 3. The highest BCUT2D eigenvalue weighted by atomic mass is 35.5. The van der Waals surface area contributed by atoms with Crippen LogP contribution in [0.2, 0.25) is 15.1 Å². The van der Waals surface area contributed by atoms with Gasteiger partial charge in [-0.3, -0.25) is 15.6 Å². The van der Waals surface area contributed by atoms with E-state index >= 15 is 0 Å². The maximum Gasteiger partial charge on any atom is 0.305 e. The third-order valence-corrected chi connectivity index (χ3v) is 4.42. The van der Waals surface area contributed by atoms with Crippen LogP contribution >= 0.6 is 47.0 Å². The van der Waals surface area contributed by atoms with Crippen molar-refractivity contribution in [3.63, 3.8) is 0 Å². The summed E-state index contributed by atoms with van der Waals surface area (Å²) in [5.74, 6) is 0.0492. The predicted molar refractivity (Wildman–Crippen MR) is 112 cm³/mol. The molecule has 0 bridgehead atoms. The first-order valence-corrected chi connectivity index (χ1v) is 9.15. The Morgan fingerprint density at radius 2 is 1.59 bits per heavy atom. The predicted octanol–water partition coefficient (Wildman–Crippen LogP) is 5.54. The number of carbonyl (C=O) groups is 1. The molecule has 3 N–H and O–H groups in total. The number of anilines is 1. The van der Waals surface area contributed by atoms with Gasteiger partial charge in [0, 0.05) is 21.3 Å². The summed E-state index contributed by atoms with van der Waals surface area (Å²) in [5.41, 5.74) is 6.41. The molecule has 5 nitrogen and oxygen atoms in total. The third-order valence-electron chi connectivity index (χ3n) is 3.42. The first kappa shape index (κ1) is 19.5. The highest BCUT2D eigenvalue weighted by molar-refractivity contribution is 7.80.